The third kappa shape index (κ3) is 3.17. The van der Waals surface area contributed by atoms with Gasteiger partial charge in [0.25, 0.3) is 5.91 Å². The number of rotatable bonds is 6. The van der Waals surface area contributed by atoms with E-state index in [-0.39, 0.29) is 13.2 Å². The zero-order chi connectivity index (χ0) is 14.4. The van der Waals surface area contributed by atoms with Crippen LogP contribution in [0.25, 0.3) is 0 Å². The maximum Gasteiger partial charge on any atom is 0.268 e. The van der Waals surface area contributed by atoms with Gasteiger partial charge < -0.3 is 14.3 Å². The second-order valence-electron chi connectivity index (χ2n) is 4.10. The summed E-state index contributed by atoms with van der Waals surface area (Å²) in [5.41, 5.74) is 3.28. The molecule has 0 aliphatic carbocycles. The third-order valence-electron chi connectivity index (χ3n) is 2.83. The van der Waals surface area contributed by atoms with Crippen LogP contribution < -0.4 is 16.0 Å². The summed E-state index contributed by atoms with van der Waals surface area (Å²) in [6.07, 6.45) is 1.91. The summed E-state index contributed by atoms with van der Waals surface area (Å²) in [5.74, 6) is 5.71. The Morgan fingerprint density at radius 1 is 1.35 bits per heavy atom. The van der Waals surface area contributed by atoms with Crippen molar-refractivity contribution in [2.24, 2.45) is 5.84 Å². The third-order valence-corrected chi connectivity index (χ3v) is 2.83. The van der Waals surface area contributed by atoms with Crippen LogP contribution in [0, 0.1) is 0 Å². The van der Waals surface area contributed by atoms with E-state index in [4.69, 9.17) is 20.1 Å². The Morgan fingerprint density at radius 2 is 2.15 bits per heavy atom. The molecule has 2 aromatic rings. The Bertz CT molecular complexity index is 580. The molecule has 0 unspecified atom stereocenters. The Kier molecular flexibility index (Phi) is 4.75. The molecule has 0 aliphatic heterocycles. The van der Waals surface area contributed by atoms with Crippen LogP contribution in [0.3, 0.4) is 0 Å². The fourth-order valence-corrected chi connectivity index (χ4v) is 1.85. The molecule has 1 heterocycles. The van der Waals surface area contributed by atoms with Crippen molar-refractivity contribution < 1.29 is 19.1 Å². The number of ether oxygens (including phenoxy) is 1. The number of hydrazine groups is 1. The number of carbonyl (C=O) groups excluding carboxylic acids is 1. The molecule has 1 amide bonds. The van der Waals surface area contributed by atoms with E-state index in [0.29, 0.717) is 23.5 Å². The molecule has 0 fully saturated rings. The summed E-state index contributed by atoms with van der Waals surface area (Å²) in [7, 11) is 0. The van der Waals surface area contributed by atoms with E-state index in [1.54, 1.807) is 6.07 Å². The number of hydrogen-bond acceptors (Lipinski definition) is 5. The van der Waals surface area contributed by atoms with Crippen molar-refractivity contribution in [3.63, 3.8) is 0 Å². The summed E-state index contributed by atoms with van der Waals surface area (Å²) in [6, 6.07) is 8.92. The molecule has 6 heteroatoms. The van der Waals surface area contributed by atoms with E-state index >= 15 is 0 Å². The van der Waals surface area contributed by atoms with Crippen LogP contribution in [0.1, 0.15) is 21.7 Å². The maximum atomic E-state index is 11.5. The number of benzene rings is 1. The molecule has 0 radical (unpaired) electrons. The highest BCUT2D eigenvalue weighted by Crippen LogP contribution is 2.21. The van der Waals surface area contributed by atoms with Gasteiger partial charge in [0, 0.05) is 6.61 Å². The summed E-state index contributed by atoms with van der Waals surface area (Å²) < 4.78 is 10.9. The molecular weight excluding hydrogens is 260 g/mol. The number of hydrogen-bond donors (Lipinski definition) is 3. The Balaban J connectivity index is 2.09. The quantitative estimate of drug-likeness (QED) is 0.415. The number of nitrogens with two attached hydrogens (primary N) is 1. The van der Waals surface area contributed by atoms with Gasteiger partial charge in [-0.3, -0.25) is 10.2 Å². The monoisotopic (exact) mass is 276 g/mol. The molecule has 1 aromatic carbocycles. The highest BCUT2D eigenvalue weighted by atomic mass is 16.5. The van der Waals surface area contributed by atoms with Gasteiger partial charge in [-0.2, -0.15) is 0 Å². The second-order valence-corrected chi connectivity index (χ2v) is 4.10. The average Bonchev–Trinajstić information content (AvgIpc) is 2.94. The predicted molar refractivity (Wildman–Crippen MR) is 71.9 cm³/mol. The van der Waals surface area contributed by atoms with E-state index in [1.807, 2.05) is 18.2 Å². The SMILES string of the molecule is NNC(=O)c1ccoc1COc1ccccc1CCO. The molecule has 0 aliphatic rings. The van der Waals surface area contributed by atoms with Gasteiger partial charge in [0.2, 0.25) is 0 Å². The van der Waals surface area contributed by atoms with Gasteiger partial charge in [-0.05, 0) is 24.1 Å². The molecule has 2 rings (SSSR count). The smallest absolute Gasteiger partial charge is 0.268 e. The second kappa shape index (κ2) is 6.74. The van der Waals surface area contributed by atoms with Crippen molar-refractivity contribution in [1.29, 1.82) is 0 Å². The molecule has 0 atom stereocenters. The summed E-state index contributed by atoms with van der Waals surface area (Å²) >= 11 is 0. The molecule has 1 aromatic heterocycles. The number of nitrogens with one attached hydrogen (secondary N) is 1. The van der Waals surface area contributed by atoms with E-state index in [1.165, 1.54) is 12.3 Å². The largest absolute Gasteiger partial charge is 0.485 e. The van der Waals surface area contributed by atoms with Crippen LogP contribution in [-0.2, 0) is 13.0 Å². The number of nitrogen functional groups attached to an aromatic ring is 1. The lowest BCUT2D eigenvalue weighted by Gasteiger charge is -2.10. The van der Waals surface area contributed by atoms with Crippen molar-refractivity contribution in [1.82, 2.24) is 5.43 Å². The molecule has 0 saturated heterocycles. The van der Waals surface area contributed by atoms with Gasteiger partial charge in [-0.15, -0.1) is 0 Å². The van der Waals surface area contributed by atoms with Gasteiger partial charge in [0.05, 0.1) is 11.8 Å². The predicted octanol–water partition coefficient (Wildman–Crippen LogP) is 0.997. The first-order valence-corrected chi connectivity index (χ1v) is 6.15. The highest BCUT2D eigenvalue weighted by molar-refractivity contribution is 5.94. The van der Waals surface area contributed by atoms with Crippen LogP contribution in [0.15, 0.2) is 41.0 Å². The minimum atomic E-state index is -0.430. The van der Waals surface area contributed by atoms with E-state index in [9.17, 15) is 4.79 Å². The van der Waals surface area contributed by atoms with Crippen LogP contribution >= 0.6 is 0 Å². The molecule has 0 spiro atoms. The number of furan rings is 1. The van der Waals surface area contributed by atoms with E-state index in [2.05, 4.69) is 5.43 Å². The minimum absolute atomic E-state index is 0.0436. The van der Waals surface area contributed by atoms with Crippen molar-refractivity contribution in [3.8, 4) is 5.75 Å². The van der Waals surface area contributed by atoms with Crippen LogP contribution in [0.2, 0.25) is 0 Å². The highest BCUT2D eigenvalue weighted by Gasteiger charge is 2.14. The van der Waals surface area contributed by atoms with Crippen molar-refractivity contribution >= 4 is 5.91 Å². The van der Waals surface area contributed by atoms with Gasteiger partial charge in [-0.1, -0.05) is 18.2 Å². The number of amides is 1. The van der Waals surface area contributed by atoms with Crippen molar-refractivity contribution in [2.75, 3.05) is 6.61 Å². The minimum Gasteiger partial charge on any atom is -0.485 e. The fraction of sp³-hybridized carbons (Fsp3) is 0.214. The Morgan fingerprint density at radius 3 is 2.90 bits per heavy atom. The molecular formula is C14H16N2O4. The lowest BCUT2D eigenvalue weighted by atomic mass is 10.1. The van der Waals surface area contributed by atoms with Crippen LogP contribution in [0.4, 0.5) is 0 Å². The molecule has 20 heavy (non-hydrogen) atoms. The van der Waals surface area contributed by atoms with Gasteiger partial charge in [-0.25, -0.2) is 5.84 Å². The lowest BCUT2D eigenvalue weighted by Crippen LogP contribution is -2.30. The normalized spacial score (nSPS) is 10.3. The molecule has 0 saturated carbocycles. The maximum absolute atomic E-state index is 11.5. The standard InChI is InChI=1S/C14H16N2O4/c15-16-14(18)11-6-8-19-13(11)9-20-12-4-2-1-3-10(12)5-7-17/h1-4,6,8,17H,5,7,9,15H2,(H,16,18). The molecule has 106 valence electrons. The van der Waals surface area contributed by atoms with Gasteiger partial charge in [0.1, 0.15) is 12.4 Å². The van der Waals surface area contributed by atoms with Crippen molar-refractivity contribution in [3.05, 3.63) is 53.5 Å². The van der Waals surface area contributed by atoms with E-state index in [0.717, 1.165) is 5.56 Å². The Hall–Kier alpha value is -2.31. The number of aliphatic hydroxyl groups excluding tert-OH is 1. The molecule has 4 N–H and O–H groups in total. The van der Waals surface area contributed by atoms with Crippen LogP contribution in [-0.4, -0.2) is 17.6 Å². The zero-order valence-electron chi connectivity index (χ0n) is 10.8. The summed E-state index contributed by atoms with van der Waals surface area (Å²) in [4.78, 5) is 11.5. The average molecular weight is 276 g/mol. The molecule has 6 nitrogen and oxygen atoms in total. The Labute approximate surface area is 116 Å². The summed E-state index contributed by atoms with van der Waals surface area (Å²) in [5, 5.41) is 9.00. The van der Waals surface area contributed by atoms with E-state index < -0.39 is 5.91 Å². The number of para-hydroxylation sites is 1. The fourth-order valence-electron chi connectivity index (χ4n) is 1.85. The first-order valence-electron chi connectivity index (χ1n) is 6.15. The number of carbonyl (C=O) groups is 1. The lowest BCUT2D eigenvalue weighted by molar-refractivity contribution is 0.0949. The van der Waals surface area contributed by atoms with Crippen molar-refractivity contribution in [2.45, 2.75) is 13.0 Å². The van der Waals surface area contributed by atoms with Gasteiger partial charge >= 0.3 is 0 Å². The zero-order valence-corrected chi connectivity index (χ0v) is 10.8. The summed E-state index contributed by atoms with van der Waals surface area (Å²) in [6.45, 7) is 0.153. The van der Waals surface area contributed by atoms with Gasteiger partial charge in [0.15, 0.2) is 5.76 Å². The molecule has 0 bridgehead atoms. The number of aliphatic hydroxyl groups is 1. The topological polar surface area (TPSA) is 97.7 Å². The van der Waals surface area contributed by atoms with Crippen LogP contribution in [0.5, 0.6) is 5.75 Å². The first kappa shape index (κ1) is 14.1. The first-order chi connectivity index (χ1) is 9.76.